The van der Waals surface area contributed by atoms with Crippen LogP contribution < -0.4 is 21.1 Å². The van der Waals surface area contributed by atoms with E-state index >= 15 is 0 Å². The first-order chi connectivity index (χ1) is 20.3. The number of amides is 5. The van der Waals surface area contributed by atoms with Gasteiger partial charge in [0.05, 0.1) is 35.1 Å². The summed E-state index contributed by atoms with van der Waals surface area (Å²) < 4.78 is 6.35. The van der Waals surface area contributed by atoms with E-state index in [4.69, 9.17) is 10.5 Å². The molecule has 5 amide bonds. The van der Waals surface area contributed by atoms with Crippen molar-refractivity contribution >= 4 is 56.1 Å². The highest BCUT2D eigenvalue weighted by Crippen LogP contribution is 2.34. The maximum absolute atomic E-state index is 14.1. The van der Waals surface area contributed by atoms with Gasteiger partial charge in [0.1, 0.15) is 24.5 Å². The summed E-state index contributed by atoms with van der Waals surface area (Å²) in [6.07, 6.45) is -0.549. The molecule has 3 aromatic rings. The lowest BCUT2D eigenvalue weighted by molar-refractivity contribution is -0.157. The molecule has 216 valence electrons. The maximum Gasteiger partial charge on any atom is 0.332 e. The molecule has 3 aliphatic heterocycles. The van der Waals surface area contributed by atoms with Crippen LogP contribution in [-0.2, 0) is 27.3 Å². The van der Waals surface area contributed by atoms with Crippen molar-refractivity contribution in [3.8, 4) is 11.8 Å². The fourth-order valence-corrected chi connectivity index (χ4v) is 6.48. The second-order valence-corrected chi connectivity index (χ2v) is 11.1. The number of benzene rings is 2. The third-order valence-corrected chi connectivity index (χ3v) is 8.38. The number of piperazine rings is 1. The number of nitrogen functional groups attached to an aromatic ring is 1. The number of carbonyl (C=O) groups is 4. The minimum absolute atomic E-state index is 0.0792. The van der Waals surface area contributed by atoms with E-state index in [2.05, 4.69) is 15.6 Å². The predicted molar refractivity (Wildman–Crippen MR) is 152 cm³/mol. The van der Waals surface area contributed by atoms with E-state index in [1.165, 1.54) is 28.3 Å². The molecule has 2 aromatic carbocycles. The molecule has 0 saturated carbocycles. The molecule has 0 spiro atoms. The zero-order valence-electron chi connectivity index (χ0n) is 22.6. The number of rotatable bonds is 6. The van der Waals surface area contributed by atoms with Gasteiger partial charge in [-0.1, -0.05) is 29.5 Å². The molecule has 2 saturated heterocycles. The second-order valence-electron chi connectivity index (χ2n) is 10.1. The summed E-state index contributed by atoms with van der Waals surface area (Å²) in [6.45, 7) is -0.232. The number of nitrogens with two attached hydrogens (primary N) is 1. The van der Waals surface area contributed by atoms with Crippen LogP contribution >= 0.6 is 11.3 Å². The smallest absolute Gasteiger partial charge is 0.332 e. The predicted octanol–water partition coefficient (Wildman–Crippen LogP) is 0.713. The van der Waals surface area contributed by atoms with Gasteiger partial charge >= 0.3 is 6.03 Å². The molecule has 0 radical (unpaired) electrons. The Morgan fingerprint density at radius 3 is 2.93 bits per heavy atom. The van der Waals surface area contributed by atoms with Gasteiger partial charge in [-0.15, -0.1) is 0 Å². The van der Waals surface area contributed by atoms with Crippen LogP contribution in [0.15, 0.2) is 36.4 Å². The Morgan fingerprint density at radius 1 is 1.31 bits per heavy atom. The molecule has 4 heterocycles. The summed E-state index contributed by atoms with van der Waals surface area (Å²) in [6, 6.07) is 11.4. The molecule has 2 atom stereocenters. The summed E-state index contributed by atoms with van der Waals surface area (Å²) in [5.74, 6) is -0.376. The van der Waals surface area contributed by atoms with Crippen molar-refractivity contribution in [1.82, 2.24) is 30.1 Å². The molecule has 1 aromatic heterocycles. The number of anilines is 2. The zero-order chi connectivity index (χ0) is 29.5. The van der Waals surface area contributed by atoms with Crippen molar-refractivity contribution in [2.24, 2.45) is 0 Å². The van der Waals surface area contributed by atoms with Crippen molar-refractivity contribution in [3.05, 3.63) is 47.5 Å². The van der Waals surface area contributed by atoms with E-state index in [1.54, 1.807) is 28.1 Å². The Bertz CT molecular complexity index is 1650. The number of aromatic nitrogens is 1. The summed E-state index contributed by atoms with van der Waals surface area (Å²) >= 11 is 1.35. The van der Waals surface area contributed by atoms with Gasteiger partial charge in [-0.05, 0) is 29.3 Å². The highest BCUT2D eigenvalue weighted by Gasteiger charge is 2.52. The third-order valence-electron chi connectivity index (χ3n) is 7.53. The largest absolute Gasteiger partial charge is 0.482 e. The van der Waals surface area contributed by atoms with E-state index in [0.29, 0.717) is 27.6 Å². The fourth-order valence-electron chi connectivity index (χ4n) is 5.70. The maximum atomic E-state index is 14.1. The molecular weight excluding hydrogens is 562 g/mol. The second kappa shape index (κ2) is 10.8. The molecule has 42 heavy (non-hydrogen) atoms. The summed E-state index contributed by atoms with van der Waals surface area (Å²) in [7, 11) is 1.45. The Kier molecular flexibility index (Phi) is 7.01. The number of ether oxygens (including phenoxy) is 1. The lowest BCUT2D eigenvalue weighted by Crippen LogP contribution is -2.66. The normalized spacial score (nSPS) is 20.0. The molecular formula is C27H27N9O5S. The van der Waals surface area contributed by atoms with Crippen LogP contribution in [0.3, 0.4) is 0 Å². The van der Waals surface area contributed by atoms with Gasteiger partial charge in [0.15, 0.2) is 11.7 Å². The van der Waals surface area contributed by atoms with Gasteiger partial charge in [0.25, 0.3) is 5.91 Å². The standard InChI is InChI=1S/C27H27N9O5S/c1-30-27(40)34(8-7-28)35-13-23(38)36-18(10-15-5-6-19-17(9-15)31-21(37)14-41-19)25(39)33(12-22(35)36)11-16-3-2-4-20-24(16)32-26(29)42-20/h2-6,9,18,22H,8,10-14H2,1H3,(H2,29,32)(H,30,40)(H,31,37)/t18-,22+/m0/s1. The minimum atomic E-state index is -0.909. The Balaban J connectivity index is 1.37. The molecule has 14 nitrogen and oxygen atoms in total. The molecule has 6 rings (SSSR count). The number of carbonyl (C=O) groups excluding carboxylic acids is 4. The summed E-state index contributed by atoms with van der Waals surface area (Å²) in [5.41, 5.74) is 8.66. The summed E-state index contributed by atoms with van der Waals surface area (Å²) in [4.78, 5) is 59.8. The number of urea groups is 1. The average Bonchev–Trinajstić information content (AvgIpc) is 3.52. The van der Waals surface area contributed by atoms with E-state index in [0.717, 1.165) is 10.3 Å². The Labute approximate surface area is 244 Å². The number of hydrogen-bond donors (Lipinski definition) is 3. The van der Waals surface area contributed by atoms with Crippen LogP contribution in [0, 0.1) is 11.3 Å². The van der Waals surface area contributed by atoms with E-state index in [9.17, 15) is 24.4 Å². The number of hydrogen-bond acceptors (Lipinski definition) is 10. The van der Waals surface area contributed by atoms with Gasteiger partial charge in [-0.3, -0.25) is 14.4 Å². The zero-order valence-corrected chi connectivity index (χ0v) is 23.4. The molecule has 4 N–H and O–H groups in total. The number of para-hydroxylation sites is 1. The number of thiazole rings is 1. The highest BCUT2D eigenvalue weighted by atomic mass is 32.1. The van der Waals surface area contributed by atoms with Crippen molar-refractivity contribution in [3.63, 3.8) is 0 Å². The number of nitrogens with zero attached hydrogens (tertiary/aromatic N) is 6. The SMILES string of the molecule is CNC(=O)N(CC#N)N1CC(=O)N2[C@@H](Cc3ccc4c(c3)NC(=O)CO4)C(=O)N(Cc3cccc4sc(N)nc34)C[C@@H]21. The monoisotopic (exact) mass is 589 g/mol. The lowest BCUT2D eigenvalue weighted by Gasteiger charge is -2.46. The number of nitrogens with one attached hydrogen (secondary N) is 2. The van der Waals surface area contributed by atoms with Gasteiger partial charge in [0, 0.05) is 20.0 Å². The van der Waals surface area contributed by atoms with Gasteiger partial charge < -0.3 is 30.9 Å². The third kappa shape index (κ3) is 4.80. The first kappa shape index (κ1) is 27.2. The van der Waals surface area contributed by atoms with Gasteiger partial charge in [0.2, 0.25) is 11.8 Å². The first-order valence-corrected chi connectivity index (χ1v) is 14.0. The molecule has 15 heteroatoms. The van der Waals surface area contributed by atoms with Crippen LogP contribution in [0.2, 0.25) is 0 Å². The van der Waals surface area contributed by atoms with Crippen molar-refractivity contribution in [1.29, 1.82) is 5.26 Å². The van der Waals surface area contributed by atoms with Crippen molar-refractivity contribution in [2.45, 2.75) is 25.2 Å². The minimum Gasteiger partial charge on any atom is -0.482 e. The molecule has 0 bridgehead atoms. The molecule has 3 aliphatic rings. The van der Waals surface area contributed by atoms with Gasteiger partial charge in [-0.2, -0.15) is 10.3 Å². The summed E-state index contributed by atoms with van der Waals surface area (Å²) in [5, 5.41) is 17.9. The lowest BCUT2D eigenvalue weighted by atomic mass is 9.99. The number of nitriles is 1. The van der Waals surface area contributed by atoms with E-state index < -0.39 is 18.2 Å². The van der Waals surface area contributed by atoms with Crippen LogP contribution in [-0.4, -0.2) is 94.1 Å². The first-order valence-electron chi connectivity index (χ1n) is 13.2. The number of fused-ring (bicyclic) bond motifs is 3. The van der Waals surface area contributed by atoms with Crippen LogP contribution in [0.25, 0.3) is 10.2 Å². The topological polar surface area (TPSA) is 177 Å². The van der Waals surface area contributed by atoms with Crippen LogP contribution in [0.1, 0.15) is 11.1 Å². The fraction of sp³-hybridized carbons (Fsp3) is 0.333. The van der Waals surface area contributed by atoms with Crippen molar-refractivity contribution in [2.75, 3.05) is 44.3 Å². The Morgan fingerprint density at radius 2 is 2.14 bits per heavy atom. The molecule has 0 aliphatic carbocycles. The quantitative estimate of drug-likeness (QED) is 0.350. The molecule has 0 unspecified atom stereocenters. The van der Waals surface area contributed by atoms with Gasteiger partial charge in [-0.25, -0.2) is 14.8 Å². The van der Waals surface area contributed by atoms with Crippen LogP contribution in [0.4, 0.5) is 15.6 Å². The molecule has 2 fully saturated rings. The average molecular weight is 590 g/mol. The van der Waals surface area contributed by atoms with Crippen LogP contribution in [0.5, 0.6) is 5.75 Å². The number of hydrazine groups is 1. The van der Waals surface area contributed by atoms with E-state index in [1.807, 2.05) is 24.3 Å². The van der Waals surface area contributed by atoms with Crippen molar-refractivity contribution < 1.29 is 23.9 Å². The Hall–Kier alpha value is -4.94. The highest BCUT2D eigenvalue weighted by molar-refractivity contribution is 7.22. The van der Waals surface area contributed by atoms with E-state index in [-0.39, 0.29) is 56.9 Å².